The standard InChI is InChI=1S/C16H23ClN2O.ClH/c1-11(13-4-6-15(17)7-5-13)12(2)19(3)16(20)14-8-9-18-10-14;/h4-7,11-12,14,18H,8-10H2,1-3H3;1H. The number of hydrogen-bond acceptors (Lipinski definition) is 2. The summed E-state index contributed by atoms with van der Waals surface area (Å²) in [4.78, 5) is 14.3. The van der Waals surface area contributed by atoms with Crippen molar-refractivity contribution >= 4 is 29.9 Å². The van der Waals surface area contributed by atoms with Gasteiger partial charge in [0.25, 0.3) is 0 Å². The van der Waals surface area contributed by atoms with Crippen LogP contribution in [0.2, 0.25) is 5.02 Å². The van der Waals surface area contributed by atoms with Gasteiger partial charge in [-0.2, -0.15) is 0 Å². The van der Waals surface area contributed by atoms with Gasteiger partial charge < -0.3 is 10.2 Å². The summed E-state index contributed by atoms with van der Waals surface area (Å²) in [7, 11) is 1.91. The molecule has 21 heavy (non-hydrogen) atoms. The predicted octanol–water partition coefficient (Wildman–Crippen LogP) is 3.32. The number of carbonyl (C=O) groups is 1. The van der Waals surface area contributed by atoms with Gasteiger partial charge in [-0.3, -0.25) is 4.79 Å². The third-order valence-corrected chi connectivity index (χ3v) is 4.74. The molecular formula is C16H24Cl2N2O. The molecular weight excluding hydrogens is 307 g/mol. The van der Waals surface area contributed by atoms with Crippen LogP contribution in [0.4, 0.5) is 0 Å². The Morgan fingerprint density at radius 2 is 1.95 bits per heavy atom. The Morgan fingerprint density at radius 1 is 1.33 bits per heavy atom. The highest BCUT2D eigenvalue weighted by Gasteiger charge is 2.29. The average Bonchev–Trinajstić information content (AvgIpc) is 2.99. The maximum Gasteiger partial charge on any atom is 0.227 e. The first-order valence-corrected chi connectivity index (χ1v) is 7.61. The topological polar surface area (TPSA) is 32.3 Å². The first-order valence-electron chi connectivity index (χ1n) is 7.23. The van der Waals surface area contributed by atoms with Crippen LogP contribution in [-0.2, 0) is 4.79 Å². The molecule has 5 heteroatoms. The van der Waals surface area contributed by atoms with Gasteiger partial charge in [0.15, 0.2) is 0 Å². The van der Waals surface area contributed by atoms with Gasteiger partial charge in [0.05, 0.1) is 5.92 Å². The molecule has 0 aromatic heterocycles. The summed E-state index contributed by atoms with van der Waals surface area (Å²) in [6, 6.07) is 8.06. The molecule has 0 aliphatic carbocycles. The third kappa shape index (κ3) is 4.35. The smallest absolute Gasteiger partial charge is 0.227 e. The number of carbonyl (C=O) groups excluding carboxylic acids is 1. The molecule has 1 aliphatic rings. The highest BCUT2D eigenvalue weighted by molar-refractivity contribution is 6.30. The van der Waals surface area contributed by atoms with Crippen LogP contribution >= 0.6 is 24.0 Å². The summed E-state index contributed by atoms with van der Waals surface area (Å²) in [6.07, 6.45) is 0.950. The van der Waals surface area contributed by atoms with Crippen LogP contribution in [0.3, 0.4) is 0 Å². The van der Waals surface area contributed by atoms with Gasteiger partial charge in [0, 0.05) is 30.6 Å². The van der Waals surface area contributed by atoms with Crippen LogP contribution in [-0.4, -0.2) is 37.0 Å². The van der Waals surface area contributed by atoms with Crippen molar-refractivity contribution in [1.82, 2.24) is 10.2 Å². The second-order valence-electron chi connectivity index (χ2n) is 5.72. The van der Waals surface area contributed by atoms with E-state index in [1.54, 1.807) is 0 Å². The number of amides is 1. The van der Waals surface area contributed by atoms with E-state index in [-0.39, 0.29) is 36.2 Å². The SMILES string of the molecule is CC(c1ccc(Cl)cc1)C(C)N(C)C(=O)C1CCNC1.Cl. The van der Waals surface area contributed by atoms with Gasteiger partial charge in [-0.1, -0.05) is 30.7 Å². The molecule has 3 atom stereocenters. The molecule has 1 fully saturated rings. The van der Waals surface area contributed by atoms with Crippen molar-refractivity contribution in [3.8, 4) is 0 Å². The molecule has 118 valence electrons. The summed E-state index contributed by atoms with van der Waals surface area (Å²) in [6.45, 7) is 6.03. The second-order valence-corrected chi connectivity index (χ2v) is 6.16. The third-order valence-electron chi connectivity index (χ3n) is 4.49. The normalized spacial score (nSPS) is 20.5. The van der Waals surface area contributed by atoms with E-state index < -0.39 is 0 Å². The van der Waals surface area contributed by atoms with E-state index in [0.29, 0.717) is 0 Å². The average molecular weight is 331 g/mol. The molecule has 0 saturated carbocycles. The second kappa shape index (κ2) is 8.02. The molecule has 1 N–H and O–H groups in total. The lowest BCUT2D eigenvalue weighted by Gasteiger charge is -2.32. The zero-order valence-electron chi connectivity index (χ0n) is 12.8. The largest absolute Gasteiger partial charge is 0.342 e. The van der Waals surface area contributed by atoms with E-state index in [9.17, 15) is 4.79 Å². The Balaban J connectivity index is 0.00000220. The zero-order valence-corrected chi connectivity index (χ0v) is 14.4. The van der Waals surface area contributed by atoms with Gasteiger partial charge in [-0.05, 0) is 37.6 Å². The molecule has 3 nitrogen and oxygen atoms in total. The van der Waals surface area contributed by atoms with Gasteiger partial charge in [-0.25, -0.2) is 0 Å². The summed E-state index contributed by atoms with van der Waals surface area (Å²) in [5.41, 5.74) is 1.21. The zero-order chi connectivity index (χ0) is 14.7. The van der Waals surface area contributed by atoms with Crippen LogP contribution in [0.1, 0.15) is 31.7 Å². The number of rotatable bonds is 4. The number of halogens is 2. The van der Waals surface area contributed by atoms with Crippen molar-refractivity contribution < 1.29 is 4.79 Å². The highest BCUT2D eigenvalue weighted by Crippen LogP contribution is 2.25. The molecule has 0 radical (unpaired) electrons. The predicted molar refractivity (Wildman–Crippen MR) is 90.3 cm³/mol. The Labute approximate surface area is 138 Å². The molecule has 0 spiro atoms. The number of nitrogens with one attached hydrogen (secondary N) is 1. The van der Waals surface area contributed by atoms with E-state index >= 15 is 0 Å². The summed E-state index contributed by atoms with van der Waals surface area (Å²) in [5, 5.41) is 4.00. The van der Waals surface area contributed by atoms with Crippen molar-refractivity contribution in [1.29, 1.82) is 0 Å². The van der Waals surface area contributed by atoms with Crippen molar-refractivity contribution in [2.24, 2.45) is 5.92 Å². The minimum Gasteiger partial charge on any atom is -0.342 e. The molecule has 1 aromatic rings. The minimum absolute atomic E-state index is 0. The lowest BCUT2D eigenvalue weighted by atomic mass is 9.92. The first kappa shape index (κ1) is 18.3. The van der Waals surface area contributed by atoms with E-state index in [0.717, 1.165) is 24.5 Å². The van der Waals surface area contributed by atoms with Crippen molar-refractivity contribution in [3.63, 3.8) is 0 Å². The van der Waals surface area contributed by atoms with Gasteiger partial charge in [0.1, 0.15) is 0 Å². The van der Waals surface area contributed by atoms with Crippen LogP contribution in [0.15, 0.2) is 24.3 Å². The first-order chi connectivity index (χ1) is 9.50. The Morgan fingerprint density at radius 3 is 2.48 bits per heavy atom. The number of benzene rings is 1. The fraction of sp³-hybridized carbons (Fsp3) is 0.562. The number of nitrogens with zero attached hydrogens (tertiary/aromatic N) is 1. The van der Waals surface area contributed by atoms with E-state index in [1.807, 2.05) is 36.2 Å². The fourth-order valence-corrected chi connectivity index (χ4v) is 2.86. The van der Waals surface area contributed by atoms with Crippen LogP contribution in [0, 0.1) is 5.92 Å². The van der Waals surface area contributed by atoms with Crippen molar-refractivity contribution in [3.05, 3.63) is 34.9 Å². The van der Waals surface area contributed by atoms with E-state index in [4.69, 9.17) is 11.6 Å². The molecule has 1 heterocycles. The monoisotopic (exact) mass is 330 g/mol. The van der Waals surface area contributed by atoms with Crippen LogP contribution in [0.5, 0.6) is 0 Å². The summed E-state index contributed by atoms with van der Waals surface area (Å²) < 4.78 is 0. The molecule has 2 rings (SSSR count). The van der Waals surface area contributed by atoms with E-state index in [2.05, 4.69) is 19.2 Å². The maximum atomic E-state index is 12.4. The number of likely N-dealkylation sites (N-methyl/N-ethyl adjacent to an activating group) is 1. The summed E-state index contributed by atoms with van der Waals surface area (Å²) >= 11 is 5.92. The van der Waals surface area contributed by atoms with Crippen LogP contribution in [0.25, 0.3) is 0 Å². The van der Waals surface area contributed by atoms with Crippen molar-refractivity contribution in [2.75, 3.05) is 20.1 Å². The Kier molecular flexibility index (Phi) is 6.98. The molecule has 1 saturated heterocycles. The van der Waals surface area contributed by atoms with Crippen LogP contribution < -0.4 is 5.32 Å². The molecule has 1 aliphatic heterocycles. The lowest BCUT2D eigenvalue weighted by molar-refractivity contribution is -0.135. The molecule has 0 bridgehead atoms. The van der Waals surface area contributed by atoms with Crippen molar-refractivity contribution in [2.45, 2.75) is 32.2 Å². The quantitative estimate of drug-likeness (QED) is 0.918. The number of hydrogen-bond donors (Lipinski definition) is 1. The summed E-state index contributed by atoms with van der Waals surface area (Å²) in [5.74, 6) is 0.679. The maximum absolute atomic E-state index is 12.4. The molecule has 1 amide bonds. The van der Waals surface area contributed by atoms with E-state index in [1.165, 1.54) is 5.56 Å². The Bertz CT molecular complexity index is 458. The Hall–Kier alpha value is -0.770. The molecule has 3 unspecified atom stereocenters. The van der Waals surface area contributed by atoms with Gasteiger partial charge in [0.2, 0.25) is 5.91 Å². The lowest BCUT2D eigenvalue weighted by Crippen LogP contribution is -2.42. The van der Waals surface area contributed by atoms with Gasteiger partial charge in [-0.15, -0.1) is 12.4 Å². The fourth-order valence-electron chi connectivity index (χ4n) is 2.73. The minimum atomic E-state index is 0. The highest BCUT2D eigenvalue weighted by atomic mass is 35.5. The molecule has 1 aromatic carbocycles. The van der Waals surface area contributed by atoms with Gasteiger partial charge >= 0.3 is 0 Å².